The summed E-state index contributed by atoms with van der Waals surface area (Å²) in [6, 6.07) is 6.10. The Morgan fingerprint density at radius 2 is 1.71 bits per heavy atom. The number of aliphatic hydroxyl groups is 2. The summed E-state index contributed by atoms with van der Waals surface area (Å²) in [7, 11) is -7.29. The first-order valence-corrected chi connectivity index (χ1v) is 13.1. The Morgan fingerprint density at radius 1 is 1.07 bits per heavy atom. The summed E-state index contributed by atoms with van der Waals surface area (Å²) in [5, 5.41) is 19.0. The Labute approximate surface area is 167 Å². The van der Waals surface area contributed by atoms with E-state index in [-0.39, 0.29) is 29.4 Å². The van der Waals surface area contributed by atoms with E-state index in [4.69, 9.17) is 5.11 Å². The first-order chi connectivity index (χ1) is 13.2. The highest BCUT2D eigenvalue weighted by Gasteiger charge is 2.39. The minimum absolute atomic E-state index is 0.0699. The van der Waals surface area contributed by atoms with Crippen LogP contribution in [0.5, 0.6) is 0 Å². The first-order valence-electron chi connectivity index (χ1n) is 9.84. The molecule has 2 atom stereocenters. The highest BCUT2D eigenvalue weighted by Crippen LogP contribution is 2.33. The molecule has 1 saturated carbocycles. The lowest BCUT2D eigenvalue weighted by atomic mass is 9.84. The van der Waals surface area contributed by atoms with Gasteiger partial charge in [-0.2, -0.15) is 4.31 Å². The van der Waals surface area contributed by atoms with Crippen LogP contribution in [0.1, 0.15) is 50.0 Å². The summed E-state index contributed by atoms with van der Waals surface area (Å²) < 4.78 is 51.2. The van der Waals surface area contributed by atoms with Gasteiger partial charge in [-0.15, -0.1) is 0 Å². The molecule has 0 amide bonds. The first kappa shape index (κ1) is 21.7. The predicted octanol–water partition coefficient (Wildman–Crippen LogP) is 1.27. The zero-order chi connectivity index (χ0) is 20.4. The summed E-state index contributed by atoms with van der Waals surface area (Å²) in [4.78, 5) is 0.0847. The van der Waals surface area contributed by atoms with Gasteiger partial charge in [0, 0.05) is 12.6 Å². The van der Waals surface area contributed by atoms with Crippen LogP contribution in [0.2, 0.25) is 0 Å². The summed E-state index contributed by atoms with van der Waals surface area (Å²) in [5.41, 5.74) is 1.13. The Kier molecular flexibility index (Phi) is 6.81. The molecule has 1 saturated heterocycles. The number of benzene rings is 1. The van der Waals surface area contributed by atoms with Crippen molar-refractivity contribution in [2.24, 2.45) is 0 Å². The predicted molar refractivity (Wildman–Crippen MR) is 106 cm³/mol. The molecule has 0 unspecified atom stereocenters. The topological polar surface area (TPSA) is 112 Å². The quantitative estimate of drug-likeness (QED) is 0.672. The molecule has 0 spiro atoms. The smallest absolute Gasteiger partial charge is 0.243 e. The summed E-state index contributed by atoms with van der Waals surface area (Å²) >= 11 is 0. The fraction of sp³-hybridized carbons (Fsp3) is 0.684. The van der Waals surface area contributed by atoms with Crippen LogP contribution in [0.3, 0.4) is 0 Å². The standard InChI is InChI=1S/C19H29NO6S2/c21-13-18(22)12-20(17-10-11-27(23,24)14-17)28(25,26)19-8-6-16(7-9-19)15-4-2-1-3-5-15/h6-9,15,17-18,21-22H,1-5,10-14H2/t17-,18-/m0/s1. The second-order valence-electron chi connectivity index (χ2n) is 7.87. The van der Waals surface area contributed by atoms with Gasteiger partial charge in [-0.1, -0.05) is 31.4 Å². The third kappa shape index (κ3) is 4.94. The molecule has 1 heterocycles. The van der Waals surface area contributed by atoms with Crippen molar-refractivity contribution in [3.05, 3.63) is 29.8 Å². The van der Waals surface area contributed by atoms with Crippen LogP contribution in [-0.2, 0) is 19.9 Å². The molecule has 2 N–H and O–H groups in total. The van der Waals surface area contributed by atoms with Gasteiger partial charge in [0.05, 0.1) is 29.1 Å². The van der Waals surface area contributed by atoms with Gasteiger partial charge in [0.15, 0.2) is 9.84 Å². The maximum atomic E-state index is 13.2. The monoisotopic (exact) mass is 431 g/mol. The van der Waals surface area contributed by atoms with Gasteiger partial charge in [-0.3, -0.25) is 0 Å². The van der Waals surface area contributed by atoms with Crippen molar-refractivity contribution in [1.29, 1.82) is 0 Å². The normalized spacial score (nSPS) is 24.5. The van der Waals surface area contributed by atoms with E-state index in [9.17, 15) is 21.9 Å². The molecule has 1 aromatic carbocycles. The zero-order valence-corrected chi connectivity index (χ0v) is 17.5. The molecule has 7 nitrogen and oxygen atoms in total. The van der Waals surface area contributed by atoms with Crippen LogP contribution < -0.4 is 0 Å². The Balaban J connectivity index is 1.85. The molecular formula is C19H29NO6S2. The molecule has 2 aliphatic rings. The third-order valence-corrected chi connectivity index (χ3v) is 9.46. The summed E-state index contributed by atoms with van der Waals surface area (Å²) in [6.07, 6.45) is 4.78. The van der Waals surface area contributed by atoms with Gasteiger partial charge in [0.2, 0.25) is 10.0 Å². The van der Waals surface area contributed by atoms with Crippen LogP contribution in [0.15, 0.2) is 29.2 Å². The summed E-state index contributed by atoms with van der Waals surface area (Å²) in [5.74, 6) is 0.127. The minimum Gasteiger partial charge on any atom is -0.394 e. The van der Waals surface area contributed by atoms with Gasteiger partial charge in [0.25, 0.3) is 0 Å². The van der Waals surface area contributed by atoms with Gasteiger partial charge in [0.1, 0.15) is 0 Å². The van der Waals surface area contributed by atoms with Crippen LogP contribution in [0.4, 0.5) is 0 Å². The number of sulfone groups is 1. The Hall–Kier alpha value is -1.00. The number of sulfonamides is 1. The zero-order valence-electron chi connectivity index (χ0n) is 15.9. The average molecular weight is 432 g/mol. The van der Waals surface area contributed by atoms with E-state index in [1.165, 1.54) is 19.3 Å². The van der Waals surface area contributed by atoms with Crippen molar-refractivity contribution < 1.29 is 27.0 Å². The molecule has 0 radical (unpaired) electrons. The maximum Gasteiger partial charge on any atom is 0.243 e. The van der Waals surface area contributed by atoms with E-state index in [1.807, 2.05) is 12.1 Å². The minimum atomic E-state index is -3.99. The Morgan fingerprint density at radius 3 is 2.25 bits per heavy atom. The number of aliphatic hydroxyl groups excluding tert-OH is 2. The molecule has 2 fully saturated rings. The van der Waals surface area contributed by atoms with Crippen molar-refractivity contribution in [2.45, 2.75) is 61.5 Å². The fourth-order valence-electron chi connectivity index (χ4n) is 4.19. The lowest BCUT2D eigenvalue weighted by Gasteiger charge is -2.29. The van der Waals surface area contributed by atoms with E-state index >= 15 is 0 Å². The van der Waals surface area contributed by atoms with Crippen molar-refractivity contribution in [3.63, 3.8) is 0 Å². The lowest BCUT2D eigenvalue weighted by molar-refractivity contribution is 0.0730. The molecule has 0 bridgehead atoms. The van der Waals surface area contributed by atoms with Crippen LogP contribution in [0, 0.1) is 0 Å². The second kappa shape index (κ2) is 8.79. The van der Waals surface area contributed by atoms with E-state index in [0.29, 0.717) is 5.92 Å². The number of hydrogen-bond acceptors (Lipinski definition) is 6. The van der Waals surface area contributed by atoms with E-state index in [2.05, 4.69) is 0 Å². The number of nitrogens with zero attached hydrogens (tertiary/aromatic N) is 1. The van der Waals surface area contributed by atoms with Crippen LogP contribution >= 0.6 is 0 Å². The molecule has 1 aromatic rings. The Bertz CT molecular complexity index is 860. The molecule has 158 valence electrons. The SMILES string of the molecule is O=S1(=O)CC[C@H](N(C[C@H](O)CO)S(=O)(=O)c2ccc(C3CCCCC3)cc2)C1. The maximum absolute atomic E-state index is 13.2. The van der Waals surface area contributed by atoms with E-state index in [0.717, 1.165) is 22.7 Å². The molecule has 1 aliphatic carbocycles. The van der Waals surface area contributed by atoms with Gasteiger partial charge in [-0.25, -0.2) is 16.8 Å². The second-order valence-corrected chi connectivity index (χ2v) is 12.0. The molecule has 9 heteroatoms. The molecule has 28 heavy (non-hydrogen) atoms. The molecule has 3 rings (SSSR count). The van der Waals surface area contributed by atoms with E-state index in [1.54, 1.807) is 12.1 Å². The lowest BCUT2D eigenvalue weighted by Crippen LogP contribution is -2.46. The fourth-order valence-corrected chi connectivity index (χ4v) is 7.71. The van der Waals surface area contributed by atoms with Crippen LogP contribution in [-0.4, -0.2) is 68.2 Å². The van der Waals surface area contributed by atoms with E-state index < -0.39 is 38.6 Å². The highest BCUT2D eigenvalue weighted by atomic mass is 32.2. The van der Waals surface area contributed by atoms with Gasteiger partial charge in [-0.05, 0) is 42.9 Å². The highest BCUT2D eigenvalue weighted by molar-refractivity contribution is 7.92. The number of hydrogen-bond donors (Lipinski definition) is 2. The average Bonchev–Trinajstić information content (AvgIpc) is 3.05. The molecular weight excluding hydrogens is 402 g/mol. The summed E-state index contributed by atoms with van der Waals surface area (Å²) in [6.45, 7) is -0.921. The number of rotatable bonds is 7. The van der Waals surface area contributed by atoms with Crippen LogP contribution in [0.25, 0.3) is 0 Å². The van der Waals surface area contributed by atoms with Gasteiger partial charge >= 0.3 is 0 Å². The van der Waals surface area contributed by atoms with Crippen molar-refractivity contribution in [1.82, 2.24) is 4.31 Å². The van der Waals surface area contributed by atoms with Crippen molar-refractivity contribution in [3.8, 4) is 0 Å². The largest absolute Gasteiger partial charge is 0.394 e. The third-order valence-electron chi connectivity index (χ3n) is 5.78. The van der Waals surface area contributed by atoms with Gasteiger partial charge < -0.3 is 10.2 Å². The molecule has 1 aliphatic heterocycles. The molecule has 0 aromatic heterocycles. The van der Waals surface area contributed by atoms with Crippen molar-refractivity contribution in [2.75, 3.05) is 24.7 Å². The van der Waals surface area contributed by atoms with Crippen molar-refractivity contribution >= 4 is 19.9 Å².